The van der Waals surface area contributed by atoms with Crippen molar-refractivity contribution in [1.29, 1.82) is 0 Å². The highest BCUT2D eigenvalue weighted by Crippen LogP contribution is 2.26. The van der Waals surface area contributed by atoms with Gasteiger partial charge in [0.2, 0.25) is 0 Å². The number of rotatable bonds is 5. The van der Waals surface area contributed by atoms with Crippen LogP contribution in [0.3, 0.4) is 0 Å². The van der Waals surface area contributed by atoms with Gasteiger partial charge in [0.05, 0.1) is 10.6 Å². The van der Waals surface area contributed by atoms with E-state index in [9.17, 15) is 4.79 Å². The number of aromatic nitrogens is 4. The molecule has 7 nitrogen and oxygen atoms in total. The molecule has 0 fully saturated rings. The molecule has 0 atom stereocenters. The molecule has 2 amide bonds. The lowest BCUT2D eigenvalue weighted by molar-refractivity contribution is 0.262. The van der Waals surface area contributed by atoms with Gasteiger partial charge in [0.1, 0.15) is 0 Å². The summed E-state index contributed by atoms with van der Waals surface area (Å²) in [4.78, 5) is 13.6. The minimum absolute atomic E-state index is 0.287. The minimum Gasteiger partial charge on any atom is -0.308 e. The number of amides is 2. The second kappa shape index (κ2) is 8.60. The zero-order valence-electron chi connectivity index (χ0n) is 17.3. The molecule has 8 heteroatoms. The van der Waals surface area contributed by atoms with Crippen molar-refractivity contribution in [3.63, 3.8) is 0 Å². The molecule has 0 bridgehead atoms. The van der Waals surface area contributed by atoms with Gasteiger partial charge in [-0.3, -0.25) is 0 Å². The summed E-state index contributed by atoms with van der Waals surface area (Å²) in [6.45, 7) is 2.06. The Morgan fingerprint density at radius 1 is 0.969 bits per heavy atom. The van der Waals surface area contributed by atoms with Crippen molar-refractivity contribution >= 4 is 34.4 Å². The van der Waals surface area contributed by atoms with Crippen LogP contribution in [-0.2, 0) is 6.42 Å². The number of anilines is 2. The molecule has 0 saturated heterocycles. The van der Waals surface area contributed by atoms with Crippen molar-refractivity contribution in [1.82, 2.24) is 19.8 Å². The van der Waals surface area contributed by atoms with E-state index in [1.54, 1.807) is 15.9 Å². The first-order valence-corrected chi connectivity index (χ1v) is 11.1. The number of nitrogens with one attached hydrogen (secondary N) is 2. The molecule has 0 aliphatic heterocycles. The highest BCUT2D eigenvalue weighted by atomic mass is 32.1. The van der Waals surface area contributed by atoms with Crippen LogP contribution in [0, 0.1) is 0 Å². The summed E-state index contributed by atoms with van der Waals surface area (Å²) in [5.41, 5.74) is 4.90. The van der Waals surface area contributed by atoms with Crippen molar-refractivity contribution < 1.29 is 4.79 Å². The van der Waals surface area contributed by atoms with E-state index in [4.69, 9.17) is 5.10 Å². The van der Waals surface area contributed by atoms with Crippen LogP contribution >= 0.6 is 11.3 Å². The first-order chi connectivity index (χ1) is 15.7. The normalized spacial score (nSPS) is 10.9. The minimum atomic E-state index is -0.287. The van der Waals surface area contributed by atoms with Crippen LogP contribution in [0.25, 0.3) is 27.6 Å². The SMILES string of the molecule is CCc1ccccc1NC(=O)Nc1cccc(-c2ccc3nnc(-c4cccs4)n3n2)c1. The monoisotopic (exact) mass is 440 g/mol. The fourth-order valence-corrected chi connectivity index (χ4v) is 4.19. The van der Waals surface area contributed by atoms with Gasteiger partial charge in [-0.2, -0.15) is 9.61 Å². The Morgan fingerprint density at radius 2 is 1.88 bits per heavy atom. The number of nitrogens with zero attached hydrogens (tertiary/aromatic N) is 4. The van der Waals surface area contributed by atoms with Crippen molar-refractivity contribution in [2.45, 2.75) is 13.3 Å². The van der Waals surface area contributed by atoms with Crippen molar-refractivity contribution in [3.8, 4) is 22.0 Å². The summed E-state index contributed by atoms with van der Waals surface area (Å²) in [6, 6.07) is 22.9. The summed E-state index contributed by atoms with van der Waals surface area (Å²) in [5.74, 6) is 0.708. The van der Waals surface area contributed by atoms with Gasteiger partial charge in [0, 0.05) is 16.9 Å². The molecule has 0 radical (unpaired) electrons. The molecule has 0 aliphatic carbocycles. The molecule has 158 valence electrons. The second-order valence-corrected chi connectivity index (χ2v) is 8.11. The molecular weight excluding hydrogens is 420 g/mol. The van der Waals surface area contributed by atoms with Gasteiger partial charge in [0.15, 0.2) is 11.5 Å². The fourth-order valence-electron chi connectivity index (χ4n) is 3.49. The number of benzene rings is 2. The van der Waals surface area contributed by atoms with Gasteiger partial charge in [0.25, 0.3) is 0 Å². The summed E-state index contributed by atoms with van der Waals surface area (Å²) in [5, 5.41) is 21.1. The van der Waals surface area contributed by atoms with E-state index in [0.717, 1.165) is 33.8 Å². The highest BCUT2D eigenvalue weighted by molar-refractivity contribution is 7.13. The Balaban J connectivity index is 1.40. The topological polar surface area (TPSA) is 84.2 Å². The number of aryl methyl sites for hydroxylation is 1. The zero-order chi connectivity index (χ0) is 21.9. The van der Waals surface area contributed by atoms with Crippen LogP contribution in [0.1, 0.15) is 12.5 Å². The van der Waals surface area contributed by atoms with Gasteiger partial charge >= 0.3 is 6.03 Å². The number of carbonyl (C=O) groups excluding carboxylic acids is 1. The van der Waals surface area contributed by atoms with Crippen molar-refractivity contribution in [2.24, 2.45) is 0 Å². The van der Waals surface area contributed by atoms with E-state index >= 15 is 0 Å². The molecule has 0 unspecified atom stereocenters. The summed E-state index contributed by atoms with van der Waals surface area (Å²) in [7, 11) is 0. The van der Waals surface area contributed by atoms with E-state index in [2.05, 4.69) is 27.8 Å². The predicted octanol–water partition coefficient (Wildman–Crippen LogP) is 5.73. The number of fused-ring (bicyclic) bond motifs is 1. The summed E-state index contributed by atoms with van der Waals surface area (Å²) >= 11 is 1.59. The maximum absolute atomic E-state index is 12.6. The molecule has 5 aromatic rings. The molecule has 3 heterocycles. The molecule has 32 heavy (non-hydrogen) atoms. The predicted molar refractivity (Wildman–Crippen MR) is 128 cm³/mol. The number of para-hydroxylation sites is 1. The Morgan fingerprint density at radius 3 is 2.72 bits per heavy atom. The van der Waals surface area contributed by atoms with E-state index in [0.29, 0.717) is 17.2 Å². The molecule has 0 saturated carbocycles. The largest absolute Gasteiger partial charge is 0.323 e. The highest BCUT2D eigenvalue weighted by Gasteiger charge is 2.12. The molecule has 2 N–H and O–H groups in total. The van der Waals surface area contributed by atoms with Crippen LogP contribution in [0.4, 0.5) is 16.2 Å². The lowest BCUT2D eigenvalue weighted by Crippen LogP contribution is -2.20. The van der Waals surface area contributed by atoms with Gasteiger partial charge in [-0.1, -0.05) is 43.3 Å². The van der Waals surface area contributed by atoms with Crippen LogP contribution in [0.5, 0.6) is 0 Å². The zero-order valence-corrected chi connectivity index (χ0v) is 18.1. The van der Waals surface area contributed by atoms with E-state index in [1.165, 1.54) is 0 Å². The number of hydrogen-bond acceptors (Lipinski definition) is 5. The average Bonchev–Trinajstić information content (AvgIpc) is 3.49. The third kappa shape index (κ3) is 3.95. The Kier molecular flexibility index (Phi) is 5.35. The fraction of sp³-hybridized carbons (Fsp3) is 0.0833. The lowest BCUT2D eigenvalue weighted by Gasteiger charge is -2.11. The van der Waals surface area contributed by atoms with Crippen LogP contribution in [0.2, 0.25) is 0 Å². The van der Waals surface area contributed by atoms with E-state index < -0.39 is 0 Å². The average molecular weight is 441 g/mol. The number of urea groups is 1. The Labute approximate surface area is 188 Å². The van der Waals surface area contributed by atoms with Gasteiger partial charge < -0.3 is 10.6 Å². The number of hydrogen-bond donors (Lipinski definition) is 2. The van der Waals surface area contributed by atoms with Crippen LogP contribution < -0.4 is 10.6 Å². The van der Waals surface area contributed by atoms with Gasteiger partial charge in [-0.15, -0.1) is 21.5 Å². The second-order valence-electron chi connectivity index (χ2n) is 7.16. The first kappa shape index (κ1) is 19.9. The van der Waals surface area contributed by atoms with E-state index in [-0.39, 0.29) is 6.03 Å². The third-order valence-electron chi connectivity index (χ3n) is 5.07. The first-order valence-electron chi connectivity index (χ1n) is 10.2. The Bertz CT molecular complexity index is 1390. The Hall–Kier alpha value is -4.04. The van der Waals surface area contributed by atoms with Gasteiger partial charge in [-0.25, -0.2) is 4.79 Å². The van der Waals surface area contributed by atoms with Crippen molar-refractivity contribution in [3.05, 3.63) is 83.7 Å². The maximum Gasteiger partial charge on any atom is 0.323 e. The van der Waals surface area contributed by atoms with E-state index in [1.807, 2.05) is 78.2 Å². The number of thiophene rings is 1. The molecule has 0 spiro atoms. The smallest absolute Gasteiger partial charge is 0.308 e. The molecular formula is C24H20N6OS. The quantitative estimate of drug-likeness (QED) is 0.366. The molecule has 5 rings (SSSR count). The molecule has 2 aromatic carbocycles. The van der Waals surface area contributed by atoms with Crippen molar-refractivity contribution in [2.75, 3.05) is 10.6 Å². The number of carbonyl (C=O) groups is 1. The van der Waals surface area contributed by atoms with Gasteiger partial charge in [-0.05, 0) is 53.8 Å². The standard InChI is InChI=1S/C24H20N6OS/c1-2-16-7-3-4-10-19(16)26-24(31)25-18-9-5-8-17(15-18)20-12-13-22-27-28-23(30(22)29-20)21-11-6-14-32-21/h3-15H,2H2,1H3,(H2,25,26,31). The molecule has 0 aliphatic rings. The third-order valence-corrected chi connectivity index (χ3v) is 5.93. The molecule has 3 aromatic heterocycles. The maximum atomic E-state index is 12.6. The van der Waals surface area contributed by atoms with Crippen LogP contribution in [0.15, 0.2) is 78.2 Å². The summed E-state index contributed by atoms with van der Waals surface area (Å²) < 4.78 is 1.75. The summed E-state index contributed by atoms with van der Waals surface area (Å²) in [6.07, 6.45) is 0.844. The van der Waals surface area contributed by atoms with Crippen LogP contribution in [-0.4, -0.2) is 25.8 Å². The lowest BCUT2D eigenvalue weighted by atomic mass is 10.1.